The molecule has 0 bridgehead atoms. The Morgan fingerprint density at radius 2 is 1.73 bits per heavy atom. The molecule has 30 heavy (non-hydrogen) atoms. The Balaban J connectivity index is 1.69. The van der Waals surface area contributed by atoms with Crippen molar-refractivity contribution >= 4 is 16.1 Å². The van der Waals surface area contributed by atoms with Gasteiger partial charge in [-0.25, -0.2) is 4.79 Å². The predicted molar refractivity (Wildman–Crippen MR) is 113 cm³/mol. The zero-order chi connectivity index (χ0) is 21.4. The Morgan fingerprint density at radius 3 is 2.40 bits per heavy atom. The number of carbonyl (C=O) groups is 1. The van der Waals surface area contributed by atoms with Crippen molar-refractivity contribution in [1.82, 2.24) is 4.98 Å². The van der Waals surface area contributed by atoms with Gasteiger partial charge in [0.05, 0.1) is 10.5 Å². The maximum atomic E-state index is 12.5. The average Bonchev–Trinajstić information content (AvgIpc) is 2.77. The highest BCUT2D eigenvalue weighted by atomic mass is 32.2. The van der Waals surface area contributed by atoms with E-state index in [2.05, 4.69) is 4.98 Å². The molecule has 0 amide bonds. The summed E-state index contributed by atoms with van der Waals surface area (Å²) in [5.41, 5.74) is 2.30. The second kappa shape index (κ2) is 10.1. The van der Waals surface area contributed by atoms with E-state index in [1.807, 2.05) is 19.1 Å². The van der Waals surface area contributed by atoms with Crippen LogP contribution in [0.25, 0.3) is 0 Å². The molecule has 1 aromatic heterocycles. The van der Waals surface area contributed by atoms with Crippen LogP contribution in [-0.4, -0.2) is 32.1 Å². The number of aryl methyl sites for hydroxylation is 2. The SMILES string of the molecule is Cc1ccc(S(=O)(=O)OC[C@@H](CCc2cccnc2)OC(=O)c2ccccc2)cc1. The summed E-state index contributed by atoms with van der Waals surface area (Å²) in [5.74, 6) is -0.525. The average molecular weight is 426 g/mol. The molecule has 0 aliphatic carbocycles. The van der Waals surface area contributed by atoms with Crippen molar-refractivity contribution in [2.24, 2.45) is 0 Å². The van der Waals surface area contributed by atoms with E-state index in [1.54, 1.807) is 54.9 Å². The van der Waals surface area contributed by atoms with Gasteiger partial charge >= 0.3 is 5.97 Å². The number of pyridine rings is 1. The van der Waals surface area contributed by atoms with Crippen LogP contribution in [0, 0.1) is 6.92 Å². The molecule has 0 spiro atoms. The lowest BCUT2D eigenvalue weighted by Gasteiger charge is -2.18. The minimum atomic E-state index is -3.96. The highest BCUT2D eigenvalue weighted by molar-refractivity contribution is 7.86. The fraction of sp³-hybridized carbons (Fsp3) is 0.217. The number of rotatable bonds is 9. The van der Waals surface area contributed by atoms with Crippen LogP contribution in [0.5, 0.6) is 0 Å². The first-order valence-electron chi connectivity index (χ1n) is 9.55. The second-order valence-corrected chi connectivity index (χ2v) is 8.46. The number of aromatic nitrogens is 1. The van der Waals surface area contributed by atoms with Crippen molar-refractivity contribution in [3.05, 3.63) is 95.8 Å². The first-order chi connectivity index (χ1) is 14.4. The normalized spacial score (nSPS) is 12.3. The number of hydrogen-bond donors (Lipinski definition) is 0. The third-order valence-electron chi connectivity index (χ3n) is 4.48. The molecule has 0 saturated heterocycles. The van der Waals surface area contributed by atoms with Gasteiger partial charge in [-0.1, -0.05) is 42.0 Å². The van der Waals surface area contributed by atoms with Gasteiger partial charge < -0.3 is 4.74 Å². The zero-order valence-corrected chi connectivity index (χ0v) is 17.4. The lowest BCUT2D eigenvalue weighted by Crippen LogP contribution is -2.26. The van der Waals surface area contributed by atoms with Gasteiger partial charge in [-0.15, -0.1) is 0 Å². The smallest absolute Gasteiger partial charge is 0.338 e. The molecule has 0 fully saturated rings. The molecule has 156 valence electrons. The van der Waals surface area contributed by atoms with E-state index in [-0.39, 0.29) is 11.5 Å². The molecule has 2 aromatic carbocycles. The van der Waals surface area contributed by atoms with Crippen LogP contribution in [0.15, 0.2) is 84.0 Å². The largest absolute Gasteiger partial charge is 0.456 e. The fourth-order valence-electron chi connectivity index (χ4n) is 2.78. The molecular formula is C23H23NO5S. The van der Waals surface area contributed by atoms with Crippen LogP contribution >= 0.6 is 0 Å². The molecule has 0 aliphatic heterocycles. The van der Waals surface area contributed by atoms with E-state index in [0.717, 1.165) is 11.1 Å². The zero-order valence-electron chi connectivity index (χ0n) is 16.6. The minimum absolute atomic E-state index is 0.0634. The molecule has 0 saturated carbocycles. The Morgan fingerprint density at radius 1 is 1.00 bits per heavy atom. The summed E-state index contributed by atoms with van der Waals surface area (Å²) in [5, 5.41) is 0. The number of esters is 1. The summed E-state index contributed by atoms with van der Waals surface area (Å²) in [4.78, 5) is 16.6. The highest BCUT2D eigenvalue weighted by Crippen LogP contribution is 2.16. The molecule has 1 atom stereocenters. The van der Waals surface area contributed by atoms with Crippen molar-refractivity contribution in [3.63, 3.8) is 0 Å². The van der Waals surface area contributed by atoms with Gasteiger partial charge in [-0.05, 0) is 55.7 Å². The number of nitrogens with zero attached hydrogens (tertiary/aromatic N) is 1. The van der Waals surface area contributed by atoms with Gasteiger partial charge in [-0.2, -0.15) is 8.42 Å². The quantitative estimate of drug-likeness (QED) is 0.381. The van der Waals surface area contributed by atoms with Crippen LogP contribution < -0.4 is 0 Å². The van der Waals surface area contributed by atoms with E-state index >= 15 is 0 Å². The van der Waals surface area contributed by atoms with Crippen molar-refractivity contribution in [2.45, 2.75) is 30.8 Å². The van der Waals surface area contributed by atoms with Crippen LogP contribution in [0.4, 0.5) is 0 Å². The maximum Gasteiger partial charge on any atom is 0.338 e. The fourth-order valence-corrected chi connectivity index (χ4v) is 3.72. The Bertz CT molecular complexity index is 1050. The molecule has 0 unspecified atom stereocenters. The topological polar surface area (TPSA) is 82.6 Å². The summed E-state index contributed by atoms with van der Waals surface area (Å²) in [6, 6.07) is 18.7. The predicted octanol–water partition coefficient (Wildman–Crippen LogP) is 3.95. The third-order valence-corrected chi connectivity index (χ3v) is 5.78. The molecule has 0 N–H and O–H groups in total. The number of hydrogen-bond acceptors (Lipinski definition) is 6. The lowest BCUT2D eigenvalue weighted by atomic mass is 10.1. The standard InChI is InChI=1S/C23H23NO5S/c1-18-9-13-22(14-10-18)30(26,27)28-17-21(12-11-19-6-5-15-24-16-19)29-23(25)20-7-3-2-4-8-20/h2-10,13-16,21H,11-12,17H2,1H3/t21-/m1/s1. The molecule has 7 heteroatoms. The number of carbonyl (C=O) groups excluding carboxylic acids is 1. The van der Waals surface area contributed by atoms with Crippen LogP contribution in [-0.2, 0) is 25.5 Å². The first kappa shape index (κ1) is 21.7. The van der Waals surface area contributed by atoms with Gasteiger partial charge in [0.25, 0.3) is 10.1 Å². The van der Waals surface area contributed by atoms with Gasteiger partial charge in [0.15, 0.2) is 0 Å². The van der Waals surface area contributed by atoms with Crippen LogP contribution in [0.1, 0.15) is 27.9 Å². The van der Waals surface area contributed by atoms with Crippen molar-refractivity contribution < 1.29 is 22.1 Å². The summed E-state index contributed by atoms with van der Waals surface area (Å²) in [6.07, 6.45) is 3.62. The maximum absolute atomic E-state index is 12.5. The molecular weight excluding hydrogens is 402 g/mol. The Labute approximate surface area is 176 Å². The van der Waals surface area contributed by atoms with Crippen LogP contribution in [0.3, 0.4) is 0 Å². The summed E-state index contributed by atoms with van der Waals surface area (Å²) < 4.78 is 35.8. The van der Waals surface area contributed by atoms with Gasteiger partial charge in [0, 0.05) is 12.4 Å². The Hall–Kier alpha value is -3.03. The van der Waals surface area contributed by atoms with Gasteiger partial charge in [-0.3, -0.25) is 9.17 Å². The molecule has 0 radical (unpaired) electrons. The van der Waals surface area contributed by atoms with E-state index in [9.17, 15) is 13.2 Å². The molecule has 6 nitrogen and oxygen atoms in total. The molecule has 0 aliphatic rings. The van der Waals surface area contributed by atoms with E-state index < -0.39 is 22.2 Å². The van der Waals surface area contributed by atoms with Crippen molar-refractivity contribution in [2.75, 3.05) is 6.61 Å². The Kier molecular flexibility index (Phi) is 7.32. The monoisotopic (exact) mass is 425 g/mol. The number of ether oxygens (including phenoxy) is 1. The summed E-state index contributed by atoms with van der Waals surface area (Å²) >= 11 is 0. The van der Waals surface area contributed by atoms with E-state index in [0.29, 0.717) is 18.4 Å². The van der Waals surface area contributed by atoms with E-state index in [4.69, 9.17) is 8.92 Å². The van der Waals surface area contributed by atoms with E-state index in [1.165, 1.54) is 12.1 Å². The van der Waals surface area contributed by atoms with Crippen molar-refractivity contribution in [3.8, 4) is 0 Å². The van der Waals surface area contributed by atoms with Crippen LogP contribution in [0.2, 0.25) is 0 Å². The lowest BCUT2D eigenvalue weighted by molar-refractivity contribution is 0.0158. The highest BCUT2D eigenvalue weighted by Gasteiger charge is 2.22. The van der Waals surface area contributed by atoms with Gasteiger partial charge in [0.2, 0.25) is 0 Å². The second-order valence-electron chi connectivity index (χ2n) is 6.84. The molecule has 3 rings (SSSR count). The van der Waals surface area contributed by atoms with Crippen molar-refractivity contribution in [1.29, 1.82) is 0 Å². The first-order valence-corrected chi connectivity index (χ1v) is 11.0. The minimum Gasteiger partial charge on any atom is -0.456 e. The summed E-state index contributed by atoms with van der Waals surface area (Å²) in [6.45, 7) is 1.60. The number of benzene rings is 2. The molecule has 1 heterocycles. The molecule has 3 aromatic rings. The third kappa shape index (κ3) is 6.23. The van der Waals surface area contributed by atoms with Gasteiger partial charge in [0.1, 0.15) is 12.7 Å². The summed E-state index contributed by atoms with van der Waals surface area (Å²) in [7, 11) is -3.96.